The number of alkyl halides is 2. The third-order valence-corrected chi connectivity index (χ3v) is 3.67. The molecular formula is C9H11Cl2O2P. The molecule has 2 nitrogen and oxygen atoms in total. The topological polar surface area (TPSA) is 32.3 Å². The van der Waals surface area contributed by atoms with Crippen LogP contribution in [0.25, 0.3) is 0 Å². The summed E-state index contributed by atoms with van der Waals surface area (Å²) >= 11 is 11.5. The van der Waals surface area contributed by atoms with Gasteiger partial charge in [-0.3, -0.25) is 0 Å². The molecule has 14 heavy (non-hydrogen) atoms. The zero-order valence-corrected chi connectivity index (χ0v) is 10.1. The minimum atomic E-state index is -1.81. The molecule has 2 unspecified atom stereocenters. The Morgan fingerprint density at radius 2 is 2.29 bits per heavy atom. The van der Waals surface area contributed by atoms with Gasteiger partial charge in [0, 0.05) is 0 Å². The monoisotopic (exact) mass is 252 g/mol. The molecule has 1 aliphatic rings. The van der Waals surface area contributed by atoms with Crippen LogP contribution in [0.2, 0.25) is 0 Å². The quantitative estimate of drug-likeness (QED) is 0.571. The van der Waals surface area contributed by atoms with Gasteiger partial charge in [-0.05, 0) is 13.0 Å². The SMILES string of the molecule is CCO[P+]([O-])=C1C=CC=CC1C(Cl)Cl. The van der Waals surface area contributed by atoms with E-state index in [1.165, 1.54) is 0 Å². The molecule has 0 heterocycles. The third kappa shape index (κ3) is 3.08. The highest BCUT2D eigenvalue weighted by Gasteiger charge is 2.26. The summed E-state index contributed by atoms with van der Waals surface area (Å²) in [5.41, 5.74) is 0. The molecular weight excluding hydrogens is 242 g/mol. The van der Waals surface area contributed by atoms with E-state index in [1.54, 1.807) is 19.1 Å². The van der Waals surface area contributed by atoms with E-state index in [0.717, 1.165) is 0 Å². The molecule has 0 bridgehead atoms. The van der Waals surface area contributed by atoms with Crippen molar-refractivity contribution in [3.63, 3.8) is 0 Å². The highest BCUT2D eigenvalue weighted by molar-refractivity contribution is 7.47. The standard InChI is InChI=1S/C9H11Cl2O2P/c1-2-13-14(12)8-6-4-3-5-7(8)9(10)11/h3-7,9H,2H2,1H3. The van der Waals surface area contributed by atoms with Gasteiger partial charge >= 0.3 is 0 Å². The van der Waals surface area contributed by atoms with Crippen LogP contribution in [0.15, 0.2) is 24.3 Å². The molecule has 0 N–H and O–H groups in total. The van der Waals surface area contributed by atoms with Crippen molar-refractivity contribution in [3.8, 4) is 0 Å². The second-order valence-electron chi connectivity index (χ2n) is 2.70. The van der Waals surface area contributed by atoms with Crippen LogP contribution in [0.3, 0.4) is 0 Å². The fourth-order valence-electron chi connectivity index (χ4n) is 1.14. The maximum Gasteiger partial charge on any atom is 0.225 e. The summed E-state index contributed by atoms with van der Waals surface area (Å²) in [7, 11) is -1.81. The van der Waals surface area contributed by atoms with Gasteiger partial charge in [0.05, 0.1) is 12.5 Å². The van der Waals surface area contributed by atoms with Gasteiger partial charge in [0.1, 0.15) is 4.84 Å². The van der Waals surface area contributed by atoms with Crippen molar-refractivity contribution in [1.82, 2.24) is 0 Å². The molecule has 0 saturated heterocycles. The summed E-state index contributed by atoms with van der Waals surface area (Å²) in [5, 5.41) is 0.652. The van der Waals surface area contributed by atoms with Crippen molar-refractivity contribution in [2.45, 2.75) is 11.8 Å². The van der Waals surface area contributed by atoms with Gasteiger partial charge in [-0.1, -0.05) is 18.2 Å². The fourth-order valence-corrected chi connectivity index (χ4v) is 2.82. The second kappa shape index (κ2) is 5.89. The van der Waals surface area contributed by atoms with E-state index in [2.05, 4.69) is 0 Å². The maximum absolute atomic E-state index is 11.6. The maximum atomic E-state index is 11.6. The molecule has 78 valence electrons. The highest BCUT2D eigenvalue weighted by Crippen LogP contribution is 2.29. The Hall–Kier alpha value is 0.150. The molecule has 1 aliphatic carbocycles. The summed E-state index contributed by atoms with van der Waals surface area (Å²) in [6.07, 6.45) is 7.21. The van der Waals surface area contributed by atoms with E-state index in [1.807, 2.05) is 12.2 Å². The normalized spacial score (nSPS) is 24.5. The molecule has 0 aromatic carbocycles. The molecule has 0 aliphatic heterocycles. The molecule has 0 spiro atoms. The second-order valence-corrected chi connectivity index (χ2v) is 5.16. The van der Waals surface area contributed by atoms with E-state index in [0.29, 0.717) is 11.9 Å². The van der Waals surface area contributed by atoms with E-state index in [4.69, 9.17) is 27.7 Å². The first-order chi connectivity index (χ1) is 6.66. The van der Waals surface area contributed by atoms with Crippen LogP contribution in [0, 0.1) is 5.92 Å². The summed E-state index contributed by atoms with van der Waals surface area (Å²) in [6, 6.07) is 0. The smallest absolute Gasteiger partial charge is 0.225 e. The summed E-state index contributed by atoms with van der Waals surface area (Å²) in [6.45, 7) is 2.21. The Labute approximate surface area is 94.7 Å². The number of halogens is 2. The number of allylic oxidation sites excluding steroid dienone is 4. The Kier molecular flexibility index (Phi) is 5.14. The molecule has 5 heteroatoms. The van der Waals surface area contributed by atoms with Crippen LogP contribution >= 0.6 is 31.2 Å². The van der Waals surface area contributed by atoms with Crippen molar-refractivity contribution in [2.24, 2.45) is 5.92 Å². The van der Waals surface area contributed by atoms with Crippen molar-refractivity contribution in [3.05, 3.63) is 24.3 Å². The van der Waals surface area contributed by atoms with Crippen LogP contribution in [0.5, 0.6) is 0 Å². The van der Waals surface area contributed by atoms with Gasteiger partial charge in [0.15, 0.2) is 5.29 Å². The van der Waals surface area contributed by atoms with Crippen molar-refractivity contribution >= 4 is 36.5 Å². The van der Waals surface area contributed by atoms with E-state index in [9.17, 15) is 4.89 Å². The third-order valence-electron chi connectivity index (χ3n) is 1.77. The Bertz CT molecular complexity index is 285. The van der Waals surface area contributed by atoms with Gasteiger partial charge in [-0.15, -0.1) is 23.2 Å². The molecule has 1 rings (SSSR count). The lowest BCUT2D eigenvalue weighted by Crippen LogP contribution is -2.20. The van der Waals surface area contributed by atoms with Crippen LogP contribution in [0.1, 0.15) is 6.92 Å². The average molecular weight is 253 g/mol. The Balaban J connectivity index is 2.89. The van der Waals surface area contributed by atoms with Gasteiger partial charge in [0.25, 0.3) is 0 Å². The number of hydrogen-bond acceptors (Lipinski definition) is 2. The molecule has 0 fully saturated rings. The lowest BCUT2D eigenvalue weighted by atomic mass is 10.0. The molecule has 0 saturated carbocycles. The zero-order chi connectivity index (χ0) is 10.6. The lowest BCUT2D eigenvalue weighted by Gasteiger charge is -2.14. The molecule has 2 atom stereocenters. The van der Waals surface area contributed by atoms with Crippen molar-refractivity contribution in [2.75, 3.05) is 6.61 Å². The van der Waals surface area contributed by atoms with Gasteiger partial charge < -0.3 is 4.89 Å². The molecule has 0 radical (unpaired) electrons. The molecule has 0 aromatic rings. The van der Waals surface area contributed by atoms with Crippen LogP contribution < -0.4 is 4.89 Å². The zero-order valence-electron chi connectivity index (χ0n) is 7.69. The van der Waals surface area contributed by atoms with E-state index >= 15 is 0 Å². The summed E-state index contributed by atoms with van der Waals surface area (Å²) in [5.74, 6) is -0.210. The first kappa shape index (κ1) is 12.2. The number of rotatable bonds is 3. The highest BCUT2D eigenvalue weighted by atomic mass is 35.5. The minimum absolute atomic E-state index is 0.210. The average Bonchev–Trinajstić information content (AvgIpc) is 2.18. The number of hydrogen-bond donors (Lipinski definition) is 0. The summed E-state index contributed by atoms with van der Waals surface area (Å²) < 4.78 is 5.03. The Morgan fingerprint density at radius 3 is 2.86 bits per heavy atom. The van der Waals surface area contributed by atoms with Crippen LogP contribution in [0.4, 0.5) is 0 Å². The lowest BCUT2D eigenvalue weighted by molar-refractivity contribution is -0.171. The molecule has 0 aromatic heterocycles. The summed E-state index contributed by atoms with van der Waals surface area (Å²) in [4.78, 5) is 11.0. The van der Waals surface area contributed by atoms with Gasteiger partial charge in [-0.25, -0.2) is 0 Å². The predicted molar refractivity (Wildman–Crippen MR) is 60.8 cm³/mol. The van der Waals surface area contributed by atoms with E-state index in [-0.39, 0.29) is 5.92 Å². The van der Waals surface area contributed by atoms with E-state index < -0.39 is 12.8 Å². The fraction of sp³-hybridized carbons (Fsp3) is 0.444. The molecule has 0 amide bonds. The minimum Gasteiger partial charge on any atom is -0.603 e. The van der Waals surface area contributed by atoms with Crippen molar-refractivity contribution in [1.29, 1.82) is 0 Å². The first-order valence-corrected chi connectivity index (χ1v) is 6.32. The van der Waals surface area contributed by atoms with Crippen molar-refractivity contribution < 1.29 is 9.42 Å². The van der Waals surface area contributed by atoms with Gasteiger partial charge in [0.2, 0.25) is 8.00 Å². The van der Waals surface area contributed by atoms with Gasteiger partial charge in [-0.2, -0.15) is 4.52 Å². The Morgan fingerprint density at radius 1 is 1.57 bits per heavy atom. The van der Waals surface area contributed by atoms with Crippen LogP contribution in [-0.4, -0.2) is 16.7 Å². The van der Waals surface area contributed by atoms with Crippen LogP contribution in [-0.2, 0) is 4.52 Å². The largest absolute Gasteiger partial charge is 0.603 e. The first-order valence-electron chi connectivity index (χ1n) is 4.26. The predicted octanol–water partition coefficient (Wildman–Crippen LogP) is 2.41.